The molecule has 3 unspecified atom stereocenters. The van der Waals surface area contributed by atoms with E-state index in [2.05, 4.69) is 50.3 Å². The zero-order chi connectivity index (χ0) is 41.1. The van der Waals surface area contributed by atoms with Crippen LogP contribution in [0.3, 0.4) is 0 Å². The lowest BCUT2D eigenvalue weighted by molar-refractivity contribution is -0.154. The second kappa shape index (κ2) is 43.3. The van der Waals surface area contributed by atoms with Crippen molar-refractivity contribution in [2.24, 2.45) is 0 Å². The van der Waals surface area contributed by atoms with Gasteiger partial charge in [0.2, 0.25) is 0 Å². The second-order valence-corrected chi connectivity index (χ2v) is 16.9. The summed E-state index contributed by atoms with van der Waals surface area (Å²) in [5.41, 5.74) is 0. The number of aliphatic hydroxyl groups is 2. The van der Waals surface area contributed by atoms with Gasteiger partial charge in [-0.25, -0.2) is 4.57 Å². The lowest BCUT2D eigenvalue weighted by atomic mass is 10.0. The number of phosphoric acid groups is 1. The molecule has 0 aromatic rings. The molecule has 0 saturated heterocycles. The molecular formula is C46H87O9P. The van der Waals surface area contributed by atoms with Crippen LogP contribution < -0.4 is 0 Å². The number of esters is 1. The number of carbonyl (C=O) groups excluding carboxylic acids is 1. The van der Waals surface area contributed by atoms with E-state index < -0.39 is 33.2 Å². The Hall–Kier alpha value is -1.32. The topological polar surface area (TPSA) is 132 Å². The summed E-state index contributed by atoms with van der Waals surface area (Å²) < 4.78 is 33.4. The highest BCUT2D eigenvalue weighted by Crippen LogP contribution is 2.43. The summed E-state index contributed by atoms with van der Waals surface area (Å²) in [5, 5.41) is 18.4. The smallest absolute Gasteiger partial charge is 0.457 e. The van der Waals surface area contributed by atoms with Gasteiger partial charge in [0, 0.05) is 13.0 Å². The molecule has 0 saturated carbocycles. The molecule has 0 spiro atoms. The van der Waals surface area contributed by atoms with Gasteiger partial charge < -0.3 is 24.6 Å². The molecule has 0 amide bonds. The molecule has 0 aliphatic heterocycles. The van der Waals surface area contributed by atoms with Crippen molar-refractivity contribution in [2.45, 2.75) is 219 Å². The van der Waals surface area contributed by atoms with Crippen molar-refractivity contribution < 1.29 is 43.0 Å². The average Bonchev–Trinajstić information content (AvgIpc) is 3.19. The molecule has 56 heavy (non-hydrogen) atoms. The highest BCUT2D eigenvalue weighted by Gasteiger charge is 2.26. The van der Waals surface area contributed by atoms with Crippen LogP contribution in [0.1, 0.15) is 206 Å². The van der Waals surface area contributed by atoms with Gasteiger partial charge in [0.15, 0.2) is 0 Å². The van der Waals surface area contributed by atoms with E-state index in [9.17, 15) is 19.4 Å². The fourth-order valence-corrected chi connectivity index (χ4v) is 7.16. The maximum atomic E-state index is 12.6. The average molecular weight is 815 g/mol. The number of rotatable bonds is 44. The molecule has 0 aliphatic rings. The fraction of sp³-hybridized carbons (Fsp3) is 0.848. The van der Waals surface area contributed by atoms with Crippen molar-refractivity contribution in [3.05, 3.63) is 36.5 Å². The van der Waals surface area contributed by atoms with Crippen molar-refractivity contribution in [1.29, 1.82) is 0 Å². The first kappa shape index (κ1) is 54.7. The van der Waals surface area contributed by atoms with Crippen LogP contribution in [0.5, 0.6) is 0 Å². The zero-order valence-electron chi connectivity index (χ0n) is 36.1. The van der Waals surface area contributed by atoms with Crippen molar-refractivity contribution >= 4 is 13.8 Å². The largest absolute Gasteiger partial charge is 0.472 e. The quantitative estimate of drug-likeness (QED) is 0.0238. The first-order valence-electron chi connectivity index (χ1n) is 23.0. The number of hydrogen-bond donors (Lipinski definition) is 3. The first-order chi connectivity index (χ1) is 27.3. The van der Waals surface area contributed by atoms with Crippen LogP contribution in [0.2, 0.25) is 0 Å². The Morgan fingerprint density at radius 3 is 1.54 bits per heavy atom. The van der Waals surface area contributed by atoms with Crippen LogP contribution >= 0.6 is 7.82 Å². The van der Waals surface area contributed by atoms with Gasteiger partial charge in [-0.3, -0.25) is 13.8 Å². The first-order valence-corrected chi connectivity index (χ1v) is 24.5. The maximum Gasteiger partial charge on any atom is 0.472 e. The molecule has 0 radical (unpaired) electrons. The van der Waals surface area contributed by atoms with E-state index in [1.807, 2.05) is 0 Å². The Labute approximate surface area is 344 Å². The zero-order valence-corrected chi connectivity index (χ0v) is 37.0. The Morgan fingerprint density at radius 2 is 1.02 bits per heavy atom. The van der Waals surface area contributed by atoms with E-state index >= 15 is 0 Å². The van der Waals surface area contributed by atoms with Gasteiger partial charge in [-0.15, -0.1) is 0 Å². The van der Waals surface area contributed by atoms with Crippen LogP contribution in [-0.2, 0) is 27.9 Å². The summed E-state index contributed by atoms with van der Waals surface area (Å²) in [7, 11) is -4.52. The molecule has 0 rings (SSSR count). The summed E-state index contributed by atoms with van der Waals surface area (Å²) in [6.07, 6.45) is 46.7. The highest BCUT2D eigenvalue weighted by atomic mass is 31.2. The Morgan fingerprint density at radius 1 is 0.571 bits per heavy atom. The number of aliphatic hydroxyl groups excluding tert-OH is 2. The van der Waals surface area contributed by atoms with Gasteiger partial charge in [0.05, 0.1) is 26.4 Å². The normalized spacial score (nSPS) is 14.3. The second-order valence-electron chi connectivity index (χ2n) is 15.4. The number of ether oxygens (including phenoxy) is 2. The van der Waals surface area contributed by atoms with Crippen molar-refractivity contribution in [1.82, 2.24) is 0 Å². The minimum Gasteiger partial charge on any atom is -0.457 e. The summed E-state index contributed by atoms with van der Waals surface area (Å²) in [6.45, 7) is 3.43. The van der Waals surface area contributed by atoms with Crippen molar-refractivity contribution in [3.63, 3.8) is 0 Å². The Kier molecular flexibility index (Phi) is 42.2. The predicted octanol–water partition coefficient (Wildman–Crippen LogP) is 12.8. The number of hydrogen-bond acceptors (Lipinski definition) is 8. The van der Waals surface area contributed by atoms with E-state index in [0.29, 0.717) is 6.61 Å². The number of carbonyl (C=O) groups is 1. The van der Waals surface area contributed by atoms with Crippen LogP contribution in [0, 0.1) is 0 Å². The van der Waals surface area contributed by atoms with E-state index in [4.69, 9.17) is 23.6 Å². The molecule has 3 atom stereocenters. The minimum atomic E-state index is -4.52. The molecule has 0 fully saturated rings. The van der Waals surface area contributed by atoms with Gasteiger partial charge in [0.25, 0.3) is 0 Å². The maximum absolute atomic E-state index is 12.6. The van der Waals surface area contributed by atoms with Crippen molar-refractivity contribution in [3.8, 4) is 0 Å². The van der Waals surface area contributed by atoms with E-state index in [0.717, 1.165) is 64.2 Å². The lowest BCUT2D eigenvalue weighted by Gasteiger charge is -2.20. The molecule has 0 aromatic heterocycles. The van der Waals surface area contributed by atoms with Crippen LogP contribution in [0.25, 0.3) is 0 Å². The summed E-state index contributed by atoms with van der Waals surface area (Å²) in [4.78, 5) is 22.6. The summed E-state index contributed by atoms with van der Waals surface area (Å²) in [6, 6.07) is 0. The summed E-state index contributed by atoms with van der Waals surface area (Å²) >= 11 is 0. The number of unbranched alkanes of at least 4 members (excludes halogenated alkanes) is 24. The molecule has 0 heterocycles. The fourth-order valence-electron chi connectivity index (χ4n) is 6.37. The third-order valence-corrected chi connectivity index (χ3v) is 10.8. The van der Waals surface area contributed by atoms with E-state index in [1.165, 1.54) is 122 Å². The van der Waals surface area contributed by atoms with Crippen LogP contribution in [0.15, 0.2) is 36.5 Å². The summed E-state index contributed by atoms with van der Waals surface area (Å²) in [5.74, 6) is -0.390. The van der Waals surface area contributed by atoms with Crippen LogP contribution in [0.4, 0.5) is 0 Å². The third kappa shape index (κ3) is 42.3. The predicted molar refractivity (Wildman–Crippen MR) is 233 cm³/mol. The Balaban J connectivity index is 4.13. The van der Waals surface area contributed by atoms with Gasteiger partial charge in [-0.05, 0) is 44.9 Å². The lowest BCUT2D eigenvalue weighted by Crippen LogP contribution is -2.29. The molecule has 0 aliphatic carbocycles. The van der Waals surface area contributed by atoms with Crippen LogP contribution in [-0.4, -0.2) is 66.3 Å². The molecule has 330 valence electrons. The molecular weight excluding hydrogens is 727 g/mol. The molecule has 9 nitrogen and oxygen atoms in total. The molecule has 3 N–H and O–H groups in total. The van der Waals surface area contributed by atoms with Gasteiger partial charge in [-0.1, -0.05) is 192 Å². The van der Waals surface area contributed by atoms with Gasteiger partial charge in [-0.2, -0.15) is 0 Å². The highest BCUT2D eigenvalue weighted by molar-refractivity contribution is 7.47. The Bertz CT molecular complexity index is 970. The van der Waals surface area contributed by atoms with Gasteiger partial charge in [0.1, 0.15) is 12.2 Å². The van der Waals surface area contributed by atoms with Crippen molar-refractivity contribution in [2.75, 3.05) is 33.0 Å². The van der Waals surface area contributed by atoms with E-state index in [-0.39, 0.29) is 25.6 Å². The van der Waals surface area contributed by atoms with E-state index in [1.54, 1.807) is 0 Å². The number of phosphoric ester groups is 1. The standard InChI is InChI=1S/C46H87O9P/c1-3-5-7-9-11-13-15-17-19-21-23-25-27-29-31-33-35-37-39-52-42-45(43-54-56(50,51)53-41-44(48)40-47)55-46(49)38-36-34-32-30-28-26-24-22-20-18-16-14-12-10-8-6-4-2/h6,8,12,14,18,20,44-45,47-48H,3-5,7,9-11,13,15-17,19,21-43H2,1-2H3,(H,50,51)/b8-6-,14-12-,20-18-. The SMILES string of the molecule is CC/C=C\C/C=C\C/C=C\CCCCCCCCCC(=O)OC(COCCCCCCCCCCCCCCCCCCCC)COP(=O)(O)OCC(O)CO. The molecule has 0 bridgehead atoms. The molecule has 0 aromatic carbocycles. The number of allylic oxidation sites excluding steroid dienone is 6. The monoisotopic (exact) mass is 815 g/mol. The molecule has 10 heteroatoms. The van der Waals surface area contributed by atoms with Gasteiger partial charge >= 0.3 is 13.8 Å². The third-order valence-electron chi connectivity index (χ3n) is 9.84. The minimum absolute atomic E-state index is 0.0481.